The summed E-state index contributed by atoms with van der Waals surface area (Å²) < 4.78 is 16.3. The van der Waals surface area contributed by atoms with E-state index in [2.05, 4.69) is 16.3 Å². The van der Waals surface area contributed by atoms with E-state index in [0.29, 0.717) is 35.8 Å². The maximum atomic E-state index is 12.8. The highest BCUT2D eigenvalue weighted by Gasteiger charge is 2.26. The molecule has 0 radical (unpaired) electrons. The number of hydrogen-bond donors (Lipinski definition) is 3. The molecule has 0 saturated heterocycles. The molecule has 0 spiro atoms. The lowest BCUT2D eigenvalue weighted by molar-refractivity contribution is -0.118. The predicted molar refractivity (Wildman–Crippen MR) is 115 cm³/mol. The van der Waals surface area contributed by atoms with Gasteiger partial charge in [-0.3, -0.25) is 14.7 Å². The molecule has 8 heteroatoms. The van der Waals surface area contributed by atoms with Gasteiger partial charge in [-0.15, -0.1) is 0 Å². The number of nitrogens with one attached hydrogen (secondary N) is 2. The first kappa shape index (κ1) is 20.6. The van der Waals surface area contributed by atoms with Crippen LogP contribution in [0.1, 0.15) is 40.3 Å². The van der Waals surface area contributed by atoms with Crippen molar-refractivity contribution in [2.45, 2.75) is 25.2 Å². The summed E-state index contributed by atoms with van der Waals surface area (Å²) in [5.41, 5.74) is 9.42. The van der Waals surface area contributed by atoms with Gasteiger partial charge in [-0.05, 0) is 34.9 Å². The topological polar surface area (TPSA) is 119 Å². The van der Waals surface area contributed by atoms with Crippen LogP contribution in [0.5, 0.6) is 17.2 Å². The van der Waals surface area contributed by atoms with E-state index in [0.717, 1.165) is 28.9 Å². The van der Waals surface area contributed by atoms with Gasteiger partial charge in [-0.1, -0.05) is 18.2 Å². The lowest BCUT2D eigenvalue weighted by Gasteiger charge is -2.18. The fraction of sp³-hybridized carbons (Fsp3) is 0.304. The van der Waals surface area contributed by atoms with Crippen LogP contribution in [0.25, 0.3) is 0 Å². The van der Waals surface area contributed by atoms with Gasteiger partial charge in [-0.2, -0.15) is 0 Å². The Morgan fingerprint density at radius 2 is 1.94 bits per heavy atom. The third-order valence-corrected chi connectivity index (χ3v) is 5.60. The van der Waals surface area contributed by atoms with E-state index in [1.54, 1.807) is 19.2 Å². The normalized spacial score (nSPS) is 13.4. The molecule has 1 amide bonds. The zero-order valence-corrected chi connectivity index (χ0v) is 17.5. The van der Waals surface area contributed by atoms with E-state index in [-0.39, 0.29) is 12.0 Å². The Kier molecular flexibility index (Phi) is 5.70. The zero-order valence-electron chi connectivity index (χ0n) is 17.5. The summed E-state index contributed by atoms with van der Waals surface area (Å²) in [7, 11) is 3.09. The predicted octanol–water partition coefficient (Wildman–Crippen LogP) is 2.25. The second-order valence-corrected chi connectivity index (χ2v) is 7.53. The quantitative estimate of drug-likeness (QED) is 0.513. The number of ether oxygens (including phenoxy) is 3. The first-order valence-corrected chi connectivity index (χ1v) is 10.0. The molecule has 1 aromatic heterocycles. The van der Waals surface area contributed by atoms with Crippen LogP contribution in [-0.4, -0.2) is 36.9 Å². The van der Waals surface area contributed by atoms with Gasteiger partial charge >= 0.3 is 0 Å². The fourth-order valence-electron chi connectivity index (χ4n) is 4.12. The number of fused-ring (bicyclic) bond motifs is 1. The maximum Gasteiger partial charge on any atom is 0.267 e. The summed E-state index contributed by atoms with van der Waals surface area (Å²) in [6.45, 7) is 0.686. The molecule has 4 rings (SSSR count). The van der Waals surface area contributed by atoms with Gasteiger partial charge in [0, 0.05) is 36.4 Å². The molecule has 1 aliphatic rings. The van der Waals surface area contributed by atoms with Gasteiger partial charge in [0.05, 0.1) is 20.8 Å². The number of methoxy groups -OCH3 is 2. The van der Waals surface area contributed by atoms with Crippen LogP contribution in [0.2, 0.25) is 0 Å². The first-order chi connectivity index (χ1) is 15.0. The number of benzene rings is 2. The van der Waals surface area contributed by atoms with Crippen molar-refractivity contribution in [2.75, 3.05) is 20.8 Å². The molecule has 3 aromatic rings. The first-order valence-electron chi connectivity index (χ1n) is 10.0. The number of hydrogen-bond acceptors (Lipinski definition) is 5. The van der Waals surface area contributed by atoms with Crippen molar-refractivity contribution < 1.29 is 19.0 Å². The Balaban J connectivity index is 1.74. The molecular formula is C23H25N3O5. The van der Waals surface area contributed by atoms with Gasteiger partial charge in [0.15, 0.2) is 11.5 Å². The van der Waals surface area contributed by atoms with E-state index in [1.807, 2.05) is 18.2 Å². The van der Waals surface area contributed by atoms with E-state index < -0.39 is 11.8 Å². The van der Waals surface area contributed by atoms with Crippen LogP contribution < -0.4 is 25.5 Å². The van der Waals surface area contributed by atoms with Crippen molar-refractivity contribution in [3.63, 3.8) is 0 Å². The number of aromatic nitrogens is 2. The fourth-order valence-corrected chi connectivity index (χ4v) is 4.12. The summed E-state index contributed by atoms with van der Waals surface area (Å²) >= 11 is 0. The maximum absolute atomic E-state index is 12.8. The van der Waals surface area contributed by atoms with Gasteiger partial charge in [0.25, 0.3) is 5.56 Å². The van der Waals surface area contributed by atoms with Crippen molar-refractivity contribution in [1.29, 1.82) is 0 Å². The van der Waals surface area contributed by atoms with Crippen molar-refractivity contribution >= 4 is 5.91 Å². The smallest absolute Gasteiger partial charge is 0.267 e. The van der Waals surface area contributed by atoms with E-state index in [9.17, 15) is 9.59 Å². The molecule has 1 aliphatic heterocycles. The Bertz CT molecular complexity index is 1160. The molecule has 1 unspecified atom stereocenters. The molecule has 0 fully saturated rings. The summed E-state index contributed by atoms with van der Waals surface area (Å²) in [5.74, 6) is 0.957. The highest BCUT2D eigenvalue weighted by atomic mass is 16.5. The molecule has 0 bridgehead atoms. The third kappa shape index (κ3) is 4.14. The Morgan fingerprint density at radius 1 is 1.13 bits per heavy atom. The second kappa shape index (κ2) is 8.59. The number of aromatic amines is 2. The lowest BCUT2D eigenvalue weighted by atomic mass is 9.86. The summed E-state index contributed by atoms with van der Waals surface area (Å²) in [5, 5.41) is 5.66. The number of carbonyl (C=O) groups excluding carboxylic acids is 1. The van der Waals surface area contributed by atoms with E-state index in [1.165, 1.54) is 7.11 Å². The minimum atomic E-state index is -0.528. The van der Waals surface area contributed by atoms with Crippen molar-refractivity contribution in [3.05, 3.63) is 74.7 Å². The Morgan fingerprint density at radius 3 is 2.68 bits per heavy atom. The molecule has 0 aliphatic carbocycles. The highest BCUT2D eigenvalue weighted by Crippen LogP contribution is 2.35. The molecular weight excluding hydrogens is 398 g/mol. The molecule has 2 heterocycles. The minimum Gasteiger partial charge on any atom is -0.493 e. The molecule has 8 nitrogen and oxygen atoms in total. The summed E-state index contributed by atoms with van der Waals surface area (Å²) in [6.07, 6.45) is 1.36. The number of nitrogens with two attached hydrogens (primary N) is 1. The SMILES string of the molecule is COc1ccc(C(CC(N)=O)c2c(Cc3ccc4c(c3)CCO4)[nH][nH]c2=O)cc1OC. The van der Waals surface area contributed by atoms with Crippen molar-refractivity contribution in [2.24, 2.45) is 5.73 Å². The lowest BCUT2D eigenvalue weighted by Crippen LogP contribution is -2.21. The van der Waals surface area contributed by atoms with E-state index in [4.69, 9.17) is 19.9 Å². The van der Waals surface area contributed by atoms with Gasteiger partial charge in [-0.25, -0.2) is 0 Å². The van der Waals surface area contributed by atoms with Gasteiger partial charge in [0.2, 0.25) is 5.91 Å². The summed E-state index contributed by atoms with van der Waals surface area (Å²) in [6, 6.07) is 11.4. The van der Waals surface area contributed by atoms with Crippen LogP contribution in [0.3, 0.4) is 0 Å². The number of rotatable bonds is 8. The molecule has 1 atom stereocenters. The minimum absolute atomic E-state index is 0.0125. The molecule has 2 aromatic carbocycles. The van der Waals surface area contributed by atoms with Crippen LogP contribution in [0, 0.1) is 0 Å². The molecule has 0 saturated carbocycles. The number of primary amides is 1. The average molecular weight is 423 g/mol. The second-order valence-electron chi connectivity index (χ2n) is 7.53. The van der Waals surface area contributed by atoms with Gasteiger partial charge in [0.1, 0.15) is 5.75 Å². The van der Waals surface area contributed by atoms with Crippen LogP contribution in [0.15, 0.2) is 41.2 Å². The van der Waals surface area contributed by atoms with Crippen LogP contribution in [-0.2, 0) is 17.6 Å². The molecule has 4 N–H and O–H groups in total. The van der Waals surface area contributed by atoms with Crippen molar-refractivity contribution in [3.8, 4) is 17.2 Å². The van der Waals surface area contributed by atoms with Crippen molar-refractivity contribution in [1.82, 2.24) is 10.2 Å². The Labute approximate surface area is 179 Å². The summed E-state index contributed by atoms with van der Waals surface area (Å²) in [4.78, 5) is 24.7. The number of amides is 1. The van der Waals surface area contributed by atoms with E-state index >= 15 is 0 Å². The number of carbonyl (C=O) groups is 1. The highest BCUT2D eigenvalue weighted by molar-refractivity contribution is 5.75. The standard InChI is InChI=1S/C23H25N3O5/c1-29-19-6-4-14(11-20(19)30-2)16(12-21(24)27)22-17(25-26-23(22)28)10-13-3-5-18-15(9-13)7-8-31-18/h3-6,9,11,16H,7-8,10,12H2,1-2H3,(H2,24,27)(H2,25,26,28). The van der Waals surface area contributed by atoms with Gasteiger partial charge < -0.3 is 25.0 Å². The average Bonchev–Trinajstić information content (AvgIpc) is 3.37. The zero-order chi connectivity index (χ0) is 22.0. The number of H-pyrrole nitrogens is 2. The largest absolute Gasteiger partial charge is 0.493 e. The van der Waals surface area contributed by atoms with Crippen LogP contribution >= 0.6 is 0 Å². The monoisotopic (exact) mass is 423 g/mol. The third-order valence-electron chi connectivity index (χ3n) is 5.60. The van der Waals surface area contributed by atoms with Crippen LogP contribution in [0.4, 0.5) is 0 Å². The Hall–Kier alpha value is -3.68. The molecule has 162 valence electrons. The molecule has 31 heavy (non-hydrogen) atoms.